The number of nitrogens with two attached hydrogens (primary N) is 2. The van der Waals surface area contributed by atoms with Gasteiger partial charge in [-0.05, 0) is 51.7 Å². The van der Waals surface area contributed by atoms with E-state index >= 15 is 0 Å². The second kappa shape index (κ2) is 7.14. The van der Waals surface area contributed by atoms with Gasteiger partial charge in [0, 0.05) is 30.2 Å². The van der Waals surface area contributed by atoms with E-state index in [-0.39, 0.29) is 6.04 Å². The number of nitrogens with one attached hydrogen (secondary N) is 1. The highest BCUT2D eigenvalue weighted by Gasteiger charge is 2.48. The Morgan fingerprint density at radius 3 is 2.28 bits per heavy atom. The quantitative estimate of drug-likeness (QED) is 0.717. The van der Waals surface area contributed by atoms with E-state index < -0.39 is 22.9 Å². The van der Waals surface area contributed by atoms with E-state index in [1.165, 1.54) is 0 Å². The lowest BCUT2D eigenvalue weighted by molar-refractivity contribution is -0.159. The van der Waals surface area contributed by atoms with Crippen molar-refractivity contribution in [2.24, 2.45) is 11.5 Å². The van der Waals surface area contributed by atoms with Crippen molar-refractivity contribution in [1.82, 2.24) is 10.2 Å². The van der Waals surface area contributed by atoms with Crippen molar-refractivity contribution in [2.75, 3.05) is 0 Å². The van der Waals surface area contributed by atoms with Gasteiger partial charge in [0.1, 0.15) is 0 Å². The maximum absolute atomic E-state index is 12.8. The van der Waals surface area contributed by atoms with Crippen LogP contribution in [0, 0.1) is 0 Å². The summed E-state index contributed by atoms with van der Waals surface area (Å²) in [4.78, 5) is 27.0. The molecule has 138 valence electrons. The molecule has 1 heterocycles. The smallest absolute Gasteiger partial charge is 0.312 e. The Labute approximate surface area is 149 Å². The molecule has 0 unspecified atom stereocenters. The number of likely N-dealkylation sites (tertiary alicyclic amines) is 1. The van der Waals surface area contributed by atoms with Gasteiger partial charge in [0.15, 0.2) is 0 Å². The molecule has 0 bridgehead atoms. The summed E-state index contributed by atoms with van der Waals surface area (Å²) in [6.45, 7) is 8.59. The molecular formula is C19H30N4O2. The van der Waals surface area contributed by atoms with Crippen LogP contribution in [-0.4, -0.2) is 33.8 Å². The third-order valence-electron chi connectivity index (χ3n) is 4.81. The van der Waals surface area contributed by atoms with Crippen molar-refractivity contribution in [3.63, 3.8) is 0 Å². The fourth-order valence-electron chi connectivity index (χ4n) is 4.13. The number of benzene rings is 1. The van der Waals surface area contributed by atoms with E-state index in [4.69, 9.17) is 11.5 Å². The summed E-state index contributed by atoms with van der Waals surface area (Å²) in [5, 5.41) is 2.73. The molecule has 6 heteroatoms. The summed E-state index contributed by atoms with van der Waals surface area (Å²) in [7, 11) is 0. The highest BCUT2D eigenvalue weighted by atomic mass is 16.2. The second-order valence-electron chi connectivity index (χ2n) is 8.14. The van der Waals surface area contributed by atoms with Crippen LogP contribution in [-0.2, 0) is 22.7 Å². The zero-order valence-corrected chi connectivity index (χ0v) is 15.6. The predicted octanol–water partition coefficient (Wildman–Crippen LogP) is 1.27. The van der Waals surface area contributed by atoms with Crippen LogP contribution in [0.5, 0.6) is 0 Å². The van der Waals surface area contributed by atoms with Crippen molar-refractivity contribution in [3.05, 3.63) is 35.4 Å². The SMILES string of the molecule is CC1(C)CC(N)CC(C)(C)N1C(=O)C(=O)NCc1cccc(CN)c1. The first kappa shape index (κ1) is 19.4. The normalized spacial score (nSPS) is 19.5. The Kier molecular flexibility index (Phi) is 5.54. The summed E-state index contributed by atoms with van der Waals surface area (Å²) >= 11 is 0. The van der Waals surface area contributed by atoms with Gasteiger partial charge in [0.2, 0.25) is 0 Å². The minimum absolute atomic E-state index is 0.0242. The van der Waals surface area contributed by atoms with Crippen LogP contribution in [0.25, 0.3) is 0 Å². The maximum atomic E-state index is 12.8. The molecule has 1 aliphatic heterocycles. The molecule has 0 atom stereocenters. The number of amides is 2. The topological polar surface area (TPSA) is 101 Å². The Bertz CT molecular complexity index is 637. The molecule has 1 aliphatic rings. The van der Waals surface area contributed by atoms with Gasteiger partial charge in [-0.2, -0.15) is 0 Å². The Morgan fingerprint density at radius 1 is 1.16 bits per heavy atom. The van der Waals surface area contributed by atoms with Gasteiger partial charge in [0.05, 0.1) is 0 Å². The van der Waals surface area contributed by atoms with Crippen molar-refractivity contribution >= 4 is 11.8 Å². The molecule has 0 spiro atoms. The molecule has 0 radical (unpaired) electrons. The maximum Gasteiger partial charge on any atom is 0.312 e. The molecule has 1 aromatic carbocycles. The molecule has 0 aromatic heterocycles. The van der Waals surface area contributed by atoms with Crippen LogP contribution >= 0.6 is 0 Å². The average Bonchev–Trinajstić information content (AvgIpc) is 2.49. The lowest BCUT2D eigenvalue weighted by Crippen LogP contribution is -2.67. The van der Waals surface area contributed by atoms with E-state index in [1.54, 1.807) is 4.90 Å². The first-order valence-electron chi connectivity index (χ1n) is 8.73. The largest absolute Gasteiger partial charge is 0.344 e. The Morgan fingerprint density at radius 2 is 1.72 bits per heavy atom. The van der Waals surface area contributed by atoms with Crippen molar-refractivity contribution in [1.29, 1.82) is 0 Å². The number of hydrogen-bond donors (Lipinski definition) is 3. The van der Waals surface area contributed by atoms with Gasteiger partial charge in [-0.3, -0.25) is 9.59 Å². The molecule has 6 nitrogen and oxygen atoms in total. The van der Waals surface area contributed by atoms with E-state index in [9.17, 15) is 9.59 Å². The lowest BCUT2D eigenvalue weighted by Gasteiger charge is -2.54. The third-order valence-corrected chi connectivity index (χ3v) is 4.81. The van der Waals surface area contributed by atoms with Crippen LogP contribution in [0.1, 0.15) is 51.7 Å². The van der Waals surface area contributed by atoms with Gasteiger partial charge in [0.25, 0.3) is 0 Å². The summed E-state index contributed by atoms with van der Waals surface area (Å²) < 4.78 is 0. The van der Waals surface area contributed by atoms with Crippen molar-refractivity contribution < 1.29 is 9.59 Å². The first-order valence-corrected chi connectivity index (χ1v) is 8.73. The fraction of sp³-hybridized carbons (Fsp3) is 0.579. The van der Waals surface area contributed by atoms with E-state index in [2.05, 4.69) is 5.32 Å². The molecule has 1 aromatic rings. The molecule has 0 aliphatic carbocycles. The second-order valence-corrected chi connectivity index (χ2v) is 8.14. The van der Waals surface area contributed by atoms with Gasteiger partial charge in [-0.1, -0.05) is 24.3 Å². The Balaban J connectivity index is 2.09. The minimum Gasteiger partial charge on any atom is -0.344 e. The summed E-state index contributed by atoms with van der Waals surface area (Å²) in [5.41, 5.74) is 12.8. The number of nitrogens with zero attached hydrogens (tertiary/aromatic N) is 1. The zero-order chi connectivity index (χ0) is 18.8. The molecule has 2 rings (SSSR count). The van der Waals surface area contributed by atoms with Crippen molar-refractivity contribution in [2.45, 2.75) is 70.7 Å². The van der Waals surface area contributed by atoms with Gasteiger partial charge in [-0.25, -0.2) is 0 Å². The number of carbonyl (C=O) groups is 2. The van der Waals surface area contributed by atoms with E-state index in [0.29, 0.717) is 25.9 Å². The number of hydrogen-bond acceptors (Lipinski definition) is 4. The number of carbonyl (C=O) groups excluding carboxylic acids is 2. The van der Waals surface area contributed by atoms with Crippen LogP contribution in [0.3, 0.4) is 0 Å². The molecule has 1 fully saturated rings. The van der Waals surface area contributed by atoms with Crippen LogP contribution in [0.2, 0.25) is 0 Å². The van der Waals surface area contributed by atoms with Gasteiger partial charge >= 0.3 is 11.8 Å². The van der Waals surface area contributed by atoms with Gasteiger partial charge < -0.3 is 21.7 Å². The molecule has 5 N–H and O–H groups in total. The minimum atomic E-state index is -0.588. The number of piperidine rings is 1. The standard InChI is InChI=1S/C19H30N4O2/c1-18(2)9-15(21)10-19(3,4)23(18)17(25)16(24)22-12-14-7-5-6-13(8-14)11-20/h5-8,15H,9-12,20-21H2,1-4H3,(H,22,24). The lowest BCUT2D eigenvalue weighted by atomic mass is 9.77. The fourth-order valence-corrected chi connectivity index (χ4v) is 4.13. The number of rotatable bonds is 3. The van der Waals surface area contributed by atoms with E-state index in [0.717, 1.165) is 11.1 Å². The van der Waals surface area contributed by atoms with Crippen LogP contribution in [0.4, 0.5) is 0 Å². The Hall–Kier alpha value is -1.92. The molecule has 2 amide bonds. The predicted molar refractivity (Wildman–Crippen MR) is 98.4 cm³/mol. The molecular weight excluding hydrogens is 316 g/mol. The highest BCUT2D eigenvalue weighted by molar-refractivity contribution is 6.35. The monoisotopic (exact) mass is 346 g/mol. The first-order chi connectivity index (χ1) is 11.6. The molecule has 25 heavy (non-hydrogen) atoms. The highest BCUT2D eigenvalue weighted by Crippen LogP contribution is 2.37. The molecule has 0 saturated carbocycles. The summed E-state index contributed by atoms with van der Waals surface area (Å²) in [6, 6.07) is 7.68. The zero-order valence-electron chi connectivity index (χ0n) is 15.6. The summed E-state index contributed by atoms with van der Waals surface area (Å²) in [6.07, 6.45) is 1.35. The summed E-state index contributed by atoms with van der Waals surface area (Å²) in [5.74, 6) is -1.09. The van der Waals surface area contributed by atoms with Crippen molar-refractivity contribution in [3.8, 4) is 0 Å². The average molecular weight is 346 g/mol. The van der Waals surface area contributed by atoms with E-state index in [1.807, 2.05) is 52.0 Å². The van der Waals surface area contributed by atoms with Crippen LogP contribution < -0.4 is 16.8 Å². The van der Waals surface area contributed by atoms with Crippen LogP contribution in [0.15, 0.2) is 24.3 Å². The van der Waals surface area contributed by atoms with Gasteiger partial charge in [-0.15, -0.1) is 0 Å². The third kappa shape index (κ3) is 4.38. The molecule has 1 saturated heterocycles.